The van der Waals surface area contributed by atoms with Gasteiger partial charge in [-0.05, 0) is 157 Å². The number of phenolic OH excluding ortho intramolecular Hbond substituents is 4. The lowest BCUT2D eigenvalue weighted by atomic mass is 10.1. The third-order valence-electron chi connectivity index (χ3n) is 15.3. The van der Waals surface area contributed by atoms with Crippen molar-refractivity contribution in [3.63, 3.8) is 0 Å². The lowest BCUT2D eigenvalue weighted by Crippen LogP contribution is -2.19. The lowest BCUT2D eigenvalue weighted by molar-refractivity contribution is -0.114. The molecule has 0 aliphatic carbocycles. The highest BCUT2D eigenvalue weighted by atomic mass is 32.1. The predicted molar refractivity (Wildman–Crippen MR) is 411 cm³/mol. The molecule has 0 spiro atoms. The Balaban J connectivity index is 0.000000122. The van der Waals surface area contributed by atoms with Crippen LogP contribution in [-0.4, -0.2) is 64.2 Å². The molecule has 6 amide bonds. The van der Waals surface area contributed by atoms with Crippen molar-refractivity contribution in [2.75, 3.05) is 31.9 Å². The Labute approximate surface area is 593 Å². The van der Waals surface area contributed by atoms with Crippen LogP contribution in [-0.2, 0) is 4.79 Å². The van der Waals surface area contributed by atoms with E-state index in [1.165, 1.54) is 52.3 Å². The third kappa shape index (κ3) is 16.4. The smallest absolute Gasteiger partial charge is 0.323 e. The molecule has 0 atom stereocenters. The number of nitrogens with zero attached hydrogens (tertiary/aromatic N) is 4. The largest absolute Gasteiger partial charge is 0.507 e. The molecule has 18 nitrogen and oxygen atoms in total. The van der Waals surface area contributed by atoms with Crippen LogP contribution in [0.3, 0.4) is 0 Å². The van der Waals surface area contributed by atoms with E-state index in [1.807, 2.05) is 188 Å². The van der Waals surface area contributed by atoms with Crippen molar-refractivity contribution in [2.24, 2.45) is 0 Å². The fourth-order valence-electron chi connectivity index (χ4n) is 10.5. The molecule has 496 valence electrons. The molecule has 22 heteroatoms. The zero-order chi connectivity index (χ0) is 69.8. The molecule has 4 heterocycles. The summed E-state index contributed by atoms with van der Waals surface area (Å²) >= 11 is 6.01. The van der Waals surface area contributed by atoms with Gasteiger partial charge in [0.15, 0.2) is 0 Å². The zero-order valence-electron chi connectivity index (χ0n) is 53.3. The maximum Gasteiger partial charge on any atom is 0.323 e. The monoisotopic (exact) mass is 1400 g/mol. The quantitative estimate of drug-likeness (QED) is 0.0542. The van der Waals surface area contributed by atoms with Gasteiger partial charge >= 0.3 is 12.1 Å². The van der Waals surface area contributed by atoms with Crippen LogP contribution in [0.1, 0.15) is 17.3 Å². The van der Waals surface area contributed by atoms with Crippen LogP contribution in [0.15, 0.2) is 273 Å². The van der Waals surface area contributed by atoms with E-state index in [-0.39, 0.29) is 46.9 Å². The van der Waals surface area contributed by atoms with Gasteiger partial charge in [-0.2, -0.15) is 0 Å². The first-order chi connectivity index (χ1) is 49.2. The number of benzene rings is 12. The first-order valence-corrected chi connectivity index (χ1v) is 34.6. The van der Waals surface area contributed by atoms with Crippen molar-refractivity contribution in [3.05, 3.63) is 279 Å². The highest BCUT2D eigenvalue weighted by Gasteiger charge is 2.18. The molecule has 16 aromatic rings. The topological polar surface area (TPSA) is 273 Å². The number of aromatic nitrogens is 4. The first-order valence-electron chi connectivity index (χ1n) is 31.3. The molecule has 0 aliphatic heterocycles. The fraction of sp³-hybridized carbons (Fsp3) is 0.0127. The predicted octanol–water partition coefficient (Wildman–Crippen LogP) is 20.3. The van der Waals surface area contributed by atoms with Gasteiger partial charge in [-0.3, -0.25) is 9.59 Å². The van der Waals surface area contributed by atoms with Gasteiger partial charge in [-0.15, -0.1) is 45.3 Å². The number of hydrogen-bond acceptors (Lipinski definition) is 16. The summed E-state index contributed by atoms with van der Waals surface area (Å²) in [5.74, 6) is 0.189. The summed E-state index contributed by atoms with van der Waals surface area (Å²) in [7, 11) is 0. The molecule has 0 saturated carbocycles. The minimum Gasteiger partial charge on any atom is -0.507 e. The Kier molecular flexibility index (Phi) is 20.3. The summed E-state index contributed by atoms with van der Waals surface area (Å²) in [6.45, 7) is 1.45. The van der Waals surface area contributed by atoms with E-state index >= 15 is 0 Å². The van der Waals surface area contributed by atoms with Gasteiger partial charge in [0.1, 0.15) is 43.0 Å². The van der Waals surface area contributed by atoms with Gasteiger partial charge in [0, 0.05) is 46.3 Å². The number of urea groups is 2. The van der Waals surface area contributed by atoms with E-state index in [9.17, 15) is 39.6 Å². The molecule has 101 heavy (non-hydrogen) atoms. The minimum atomic E-state index is -0.354. The van der Waals surface area contributed by atoms with Gasteiger partial charge in [-0.25, -0.2) is 29.5 Å². The Bertz CT molecular complexity index is 5570. The molecule has 10 N–H and O–H groups in total. The summed E-state index contributed by atoms with van der Waals surface area (Å²) in [5.41, 5.74) is 10.4. The van der Waals surface area contributed by atoms with Crippen molar-refractivity contribution < 1.29 is 39.6 Å². The van der Waals surface area contributed by atoms with Crippen molar-refractivity contribution in [1.82, 2.24) is 19.9 Å². The summed E-state index contributed by atoms with van der Waals surface area (Å²) < 4.78 is 4.20. The molecule has 0 saturated heterocycles. The fourth-order valence-corrected chi connectivity index (χ4v) is 14.5. The maximum atomic E-state index is 12.6. The normalized spacial score (nSPS) is 10.7. The molecular weight excluding hydrogens is 1350 g/mol. The van der Waals surface area contributed by atoms with Gasteiger partial charge < -0.3 is 52.3 Å². The molecule has 16 rings (SSSR count). The van der Waals surface area contributed by atoms with E-state index in [0.717, 1.165) is 67.3 Å². The number of aromatic hydroxyl groups is 4. The number of rotatable bonds is 11. The zero-order valence-corrected chi connectivity index (χ0v) is 56.6. The van der Waals surface area contributed by atoms with Crippen molar-refractivity contribution in [3.8, 4) is 65.3 Å². The highest BCUT2D eigenvalue weighted by Crippen LogP contribution is 2.41. The third-order valence-corrected chi connectivity index (χ3v) is 19.6. The van der Waals surface area contributed by atoms with Crippen LogP contribution in [0.5, 0.6) is 23.0 Å². The Morgan fingerprint density at radius 3 is 1.04 bits per heavy atom. The molecule has 4 aromatic heterocycles. The SMILES string of the molecule is CC(=O)Nc1ccc(O)c(-c2nc3ccccc3s2)c1.O=C(Nc1ccc(O)c(-c2nc3ccccc3s2)c1)Nc1cccc2ccccc12.O=C(Nc1ccc(O)c(-c2nc3ccccc3s2)c1)c1ccccc1.O=C(Nc1ccccc1)Nc1ccc(O)c(-c2nc3ccccc3s2)c1. The van der Waals surface area contributed by atoms with Crippen LogP contribution in [0.2, 0.25) is 0 Å². The molecule has 0 unspecified atom stereocenters. The summed E-state index contributed by atoms with van der Waals surface area (Å²) in [4.78, 5) is 66.4. The number of phenols is 4. The average Bonchev–Trinajstić information content (AvgIpc) is 1.69. The molecule has 12 aromatic carbocycles. The van der Waals surface area contributed by atoms with Crippen molar-refractivity contribution in [2.45, 2.75) is 6.92 Å². The number of amides is 6. The van der Waals surface area contributed by atoms with E-state index in [0.29, 0.717) is 66.3 Å². The lowest BCUT2D eigenvalue weighted by Gasteiger charge is -2.11. The number of para-hydroxylation sites is 5. The minimum absolute atomic E-state index is 0.120. The number of thiazole rings is 4. The Hall–Kier alpha value is -12.9. The van der Waals surface area contributed by atoms with Gasteiger partial charge in [-0.1, -0.05) is 121 Å². The molecule has 0 aliphatic rings. The number of carbonyl (C=O) groups is 4. The summed E-state index contributed by atoms with van der Waals surface area (Å²) in [6, 6.07) is 82.2. The highest BCUT2D eigenvalue weighted by molar-refractivity contribution is 7.22. The molecular formula is C79H58N10O8S4. The Morgan fingerprint density at radius 1 is 0.307 bits per heavy atom. The summed E-state index contributed by atoms with van der Waals surface area (Å²) in [6.07, 6.45) is 0. The van der Waals surface area contributed by atoms with E-state index in [1.54, 1.807) is 84.9 Å². The average molecular weight is 1400 g/mol. The maximum absolute atomic E-state index is 12.6. The molecule has 0 radical (unpaired) electrons. The Morgan fingerprint density at radius 2 is 0.634 bits per heavy atom. The van der Waals surface area contributed by atoms with Gasteiger partial charge in [0.25, 0.3) is 5.91 Å². The van der Waals surface area contributed by atoms with Crippen LogP contribution in [0.25, 0.3) is 93.9 Å². The number of hydrogen-bond donors (Lipinski definition) is 10. The van der Waals surface area contributed by atoms with Gasteiger partial charge in [0.2, 0.25) is 5.91 Å². The first kappa shape index (κ1) is 66.7. The second kappa shape index (κ2) is 30.7. The second-order valence-electron chi connectivity index (χ2n) is 22.4. The van der Waals surface area contributed by atoms with E-state index < -0.39 is 0 Å². The molecule has 0 bridgehead atoms. The summed E-state index contributed by atoms with van der Waals surface area (Å²) in [5, 5.41) is 62.5. The van der Waals surface area contributed by atoms with Crippen molar-refractivity contribution >= 4 is 155 Å². The number of fused-ring (bicyclic) bond motifs is 5. The number of anilines is 6. The number of carbonyl (C=O) groups excluding carboxylic acids is 4. The van der Waals surface area contributed by atoms with Crippen LogP contribution < -0.4 is 31.9 Å². The van der Waals surface area contributed by atoms with Crippen LogP contribution >= 0.6 is 45.3 Å². The van der Waals surface area contributed by atoms with E-state index in [4.69, 9.17) is 0 Å². The van der Waals surface area contributed by atoms with Crippen molar-refractivity contribution in [1.29, 1.82) is 0 Å². The van der Waals surface area contributed by atoms with E-state index in [2.05, 4.69) is 51.8 Å². The van der Waals surface area contributed by atoms with Crippen LogP contribution in [0, 0.1) is 0 Å². The molecule has 0 fully saturated rings. The van der Waals surface area contributed by atoms with Crippen LogP contribution in [0.4, 0.5) is 43.7 Å². The standard InChI is InChI=1S/C24H17N3O2S.C20H15N3O2S.C20H14N2O2S.C15H12N2O2S/c28-21-13-12-16(14-18(21)23-26-20-9-3-4-11-22(20)30-23)25-24(29)27-19-10-5-7-15-6-1-2-8-17(15)19;24-17-11-10-14(22-20(25)21-13-6-2-1-3-7-13)12-15(17)19-23-16-8-4-5-9-18(16)26-19;23-17-11-10-14(21-19(24)13-6-2-1-3-7-13)12-15(17)20-22-16-8-4-5-9-18(16)25-20;1-9(18)16-10-6-7-13(19)11(8-10)15-17-12-4-2-3-5-14(12)20-15/h1-14,28H,(H2,25,27,29);1-12,24H,(H2,21,22,25);1-12,23H,(H,21,24);2-8,19H,1H3,(H,16,18). The number of nitrogens with one attached hydrogen (secondary N) is 6. The second-order valence-corrected chi connectivity index (χ2v) is 26.5. The van der Waals surface area contributed by atoms with Gasteiger partial charge in [0.05, 0.1) is 68.8 Å².